The molecule has 0 aromatic carbocycles. The number of nitrogens with zero attached hydrogens (tertiary/aromatic N) is 1. The van der Waals surface area contributed by atoms with Crippen molar-refractivity contribution < 1.29 is 9.53 Å². The lowest BCUT2D eigenvalue weighted by Gasteiger charge is -2.19. The summed E-state index contributed by atoms with van der Waals surface area (Å²) in [6.07, 6.45) is 0.766. The minimum absolute atomic E-state index is 0.186. The standard InChI is InChI=1S/C9H15NO2S/c1-4-9(2,3)8(11)12-6-5-10-7-13/h4-6H2,1-3H3. The van der Waals surface area contributed by atoms with E-state index in [9.17, 15) is 4.79 Å². The highest BCUT2D eigenvalue weighted by Gasteiger charge is 2.26. The average Bonchev–Trinajstić information content (AvgIpc) is 2.12. The summed E-state index contributed by atoms with van der Waals surface area (Å²) in [5.41, 5.74) is -0.401. The van der Waals surface area contributed by atoms with E-state index in [0.29, 0.717) is 6.54 Å². The largest absolute Gasteiger partial charge is 0.463 e. The van der Waals surface area contributed by atoms with Gasteiger partial charge in [-0.25, -0.2) is 4.99 Å². The maximum absolute atomic E-state index is 11.3. The van der Waals surface area contributed by atoms with Crippen LogP contribution in [0.5, 0.6) is 0 Å². The summed E-state index contributed by atoms with van der Waals surface area (Å²) < 4.78 is 4.98. The van der Waals surface area contributed by atoms with Crippen molar-refractivity contribution in [3.63, 3.8) is 0 Å². The van der Waals surface area contributed by atoms with E-state index in [2.05, 4.69) is 22.4 Å². The summed E-state index contributed by atoms with van der Waals surface area (Å²) in [6.45, 7) is 6.35. The zero-order valence-electron chi connectivity index (χ0n) is 8.29. The number of hydrogen-bond acceptors (Lipinski definition) is 4. The van der Waals surface area contributed by atoms with Gasteiger partial charge >= 0.3 is 5.97 Å². The molecular formula is C9H15NO2S. The Morgan fingerprint density at radius 2 is 2.23 bits per heavy atom. The second kappa shape index (κ2) is 5.84. The van der Waals surface area contributed by atoms with Gasteiger partial charge in [0.2, 0.25) is 0 Å². The van der Waals surface area contributed by atoms with Crippen LogP contribution in [-0.2, 0) is 9.53 Å². The molecule has 74 valence electrons. The third kappa shape index (κ3) is 4.76. The molecule has 0 saturated heterocycles. The lowest BCUT2D eigenvalue weighted by atomic mass is 9.91. The number of carbonyl (C=O) groups excluding carboxylic acids is 1. The van der Waals surface area contributed by atoms with Crippen LogP contribution in [0.1, 0.15) is 27.2 Å². The molecule has 0 bridgehead atoms. The van der Waals surface area contributed by atoms with Crippen LogP contribution in [0.25, 0.3) is 0 Å². The van der Waals surface area contributed by atoms with Gasteiger partial charge in [0.1, 0.15) is 6.61 Å². The molecule has 13 heavy (non-hydrogen) atoms. The minimum Gasteiger partial charge on any atom is -0.463 e. The molecule has 0 aromatic rings. The minimum atomic E-state index is -0.401. The van der Waals surface area contributed by atoms with Gasteiger partial charge in [0, 0.05) is 0 Å². The number of isothiocyanates is 1. The molecule has 0 spiro atoms. The molecule has 0 atom stereocenters. The van der Waals surface area contributed by atoms with Crippen LogP contribution in [0.15, 0.2) is 4.99 Å². The lowest BCUT2D eigenvalue weighted by molar-refractivity contribution is -0.153. The summed E-state index contributed by atoms with van der Waals surface area (Å²) in [6, 6.07) is 0. The van der Waals surface area contributed by atoms with Crippen molar-refractivity contribution in [1.29, 1.82) is 0 Å². The first-order valence-corrected chi connectivity index (χ1v) is 4.66. The second-order valence-electron chi connectivity index (χ2n) is 3.35. The van der Waals surface area contributed by atoms with Crippen molar-refractivity contribution in [2.45, 2.75) is 27.2 Å². The number of esters is 1. The Bertz CT molecular complexity index is 220. The highest BCUT2D eigenvalue weighted by molar-refractivity contribution is 7.78. The summed E-state index contributed by atoms with van der Waals surface area (Å²) in [4.78, 5) is 15.0. The van der Waals surface area contributed by atoms with Gasteiger partial charge in [-0.3, -0.25) is 4.79 Å². The fourth-order valence-corrected chi connectivity index (χ4v) is 0.661. The fraction of sp³-hybridized carbons (Fsp3) is 0.778. The molecule has 4 heteroatoms. The smallest absolute Gasteiger partial charge is 0.311 e. The Hall–Kier alpha value is -0.730. The maximum Gasteiger partial charge on any atom is 0.311 e. The van der Waals surface area contributed by atoms with E-state index in [1.54, 1.807) is 0 Å². The summed E-state index contributed by atoms with van der Waals surface area (Å²) >= 11 is 4.37. The topological polar surface area (TPSA) is 38.7 Å². The second-order valence-corrected chi connectivity index (χ2v) is 3.53. The molecule has 0 amide bonds. The molecule has 0 aliphatic rings. The lowest BCUT2D eigenvalue weighted by Crippen LogP contribution is -2.26. The molecule has 0 N–H and O–H groups in total. The summed E-state index contributed by atoms with van der Waals surface area (Å²) in [7, 11) is 0. The van der Waals surface area contributed by atoms with Crippen LogP contribution in [-0.4, -0.2) is 24.3 Å². The number of thiocarbonyl (C=S) groups is 1. The monoisotopic (exact) mass is 201 g/mol. The summed E-state index contributed by atoms with van der Waals surface area (Å²) in [5.74, 6) is -0.186. The molecule has 0 unspecified atom stereocenters. The highest BCUT2D eigenvalue weighted by atomic mass is 32.1. The number of hydrogen-bond donors (Lipinski definition) is 0. The van der Waals surface area contributed by atoms with Gasteiger partial charge in [-0.1, -0.05) is 6.92 Å². The average molecular weight is 201 g/mol. The maximum atomic E-state index is 11.3. The number of rotatable bonds is 5. The van der Waals surface area contributed by atoms with E-state index in [1.807, 2.05) is 20.8 Å². The van der Waals surface area contributed by atoms with Gasteiger partial charge in [0.15, 0.2) is 0 Å². The SMILES string of the molecule is CCC(C)(C)C(=O)OCCN=C=S. The zero-order chi connectivity index (χ0) is 10.3. The molecule has 0 rings (SSSR count). The van der Waals surface area contributed by atoms with Crippen molar-refractivity contribution in [2.24, 2.45) is 10.4 Å². The highest BCUT2D eigenvalue weighted by Crippen LogP contribution is 2.21. The first-order valence-electron chi connectivity index (χ1n) is 4.25. The Labute approximate surface area is 84.2 Å². The number of carbonyl (C=O) groups is 1. The van der Waals surface area contributed by atoms with Crippen molar-refractivity contribution in [3.05, 3.63) is 0 Å². The molecule has 0 radical (unpaired) electrons. The summed E-state index contributed by atoms with van der Waals surface area (Å²) in [5, 5.41) is 2.21. The van der Waals surface area contributed by atoms with Crippen LogP contribution in [0.4, 0.5) is 0 Å². The fourth-order valence-electron chi connectivity index (χ4n) is 0.569. The quantitative estimate of drug-likeness (QED) is 0.296. The Morgan fingerprint density at radius 1 is 1.62 bits per heavy atom. The van der Waals surface area contributed by atoms with E-state index < -0.39 is 5.41 Å². The van der Waals surface area contributed by atoms with Crippen molar-refractivity contribution in [3.8, 4) is 0 Å². The predicted molar refractivity (Wildman–Crippen MR) is 54.9 cm³/mol. The first kappa shape index (κ1) is 12.3. The van der Waals surface area contributed by atoms with Gasteiger partial charge in [0.05, 0.1) is 17.1 Å². The third-order valence-electron chi connectivity index (χ3n) is 1.94. The number of aliphatic imine (C=N–C) groups is 1. The van der Waals surface area contributed by atoms with Crippen LogP contribution in [0.3, 0.4) is 0 Å². The number of ether oxygens (including phenoxy) is 1. The van der Waals surface area contributed by atoms with Crippen LogP contribution < -0.4 is 0 Å². The molecule has 0 fully saturated rings. The van der Waals surface area contributed by atoms with Crippen LogP contribution in [0.2, 0.25) is 0 Å². The van der Waals surface area contributed by atoms with E-state index in [1.165, 1.54) is 0 Å². The van der Waals surface area contributed by atoms with Crippen molar-refractivity contribution >= 4 is 23.3 Å². The van der Waals surface area contributed by atoms with Gasteiger partial charge in [-0.2, -0.15) is 0 Å². The molecule has 0 aliphatic carbocycles. The van der Waals surface area contributed by atoms with Gasteiger partial charge < -0.3 is 4.74 Å². The van der Waals surface area contributed by atoms with Crippen LogP contribution >= 0.6 is 12.2 Å². The van der Waals surface area contributed by atoms with Crippen LogP contribution in [0, 0.1) is 5.41 Å². The molecule has 3 nitrogen and oxygen atoms in total. The normalized spacial score (nSPS) is 10.4. The molecule has 0 saturated carbocycles. The Kier molecular flexibility index (Phi) is 5.51. The molecule has 0 aromatic heterocycles. The Balaban J connectivity index is 3.81. The molecule has 0 heterocycles. The van der Waals surface area contributed by atoms with Gasteiger partial charge in [-0.05, 0) is 32.5 Å². The predicted octanol–water partition coefficient (Wildman–Crippen LogP) is 2.07. The Morgan fingerprint density at radius 3 is 2.69 bits per heavy atom. The van der Waals surface area contributed by atoms with Gasteiger partial charge in [0.25, 0.3) is 0 Å². The van der Waals surface area contributed by atoms with E-state index >= 15 is 0 Å². The van der Waals surface area contributed by atoms with E-state index in [-0.39, 0.29) is 12.6 Å². The molecular weight excluding hydrogens is 186 g/mol. The van der Waals surface area contributed by atoms with E-state index in [0.717, 1.165) is 6.42 Å². The zero-order valence-corrected chi connectivity index (χ0v) is 9.11. The molecule has 0 aliphatic heterocycles. The van der Waals surface area contributed by atoms with Crippen molar-refractivity contribution in [1.82, 2.24) is 0 Å². The first-order chi connectivity index (χ1) is 6.04. The van der Waals surface area contributed by atoms with Crippen molar-refractivity contribution in [2.75, 3.05) is 13.2 Å². The third-order valence-corrected chi connectivity index (χ3v) is 2.07. The van der Waals surface area contributed by atoms with E-state index in [4.69, 9.17) is 4.74 Å². The van der Waals surface area contributed by atoms with Gasteiger partial charge in [-0.15, -0.1) is 0 Å².